The minimum Gasteiger partial charge on any atom is -0.330 e. The van der Waals surface area contributed by atoms with Crippen LogP contribution in [0.25, 0.3) is 0 Å². The Kier molecular flexibility index (Phi) is 3.17. The standard InChI is InChI=1S/C15H22N2/c16-8-7-12-1-3-13(4-2-12)10-17-11-14-5-6-15(17)9-14/h1-4,14-15H,5-11,16H2. The zero-order valence-electron chi connectivity index (χ0n) is 10.4. The first-order chi connectivity index (χ1) is 8.35. The molecule has 17 heavy (non-hydrogen) atoms. The van der Waals surface area contributed by atoms with Gasteiger partial charge in [-0.2, -0.15) is 0 Å². The van der Waals surface area contributed by atoms with Gasteiger partial charge >= 0.3 is 0 Å². The molecular formula is C15H22N2. The Balaban J connectivity index is 1.61. The third kappa shape index (κ3) is 2.38. The van der Waals surface area contributed by atoms with Crippen molar-refractivity contribution in [2.75, 3.05) is 13.1 Å². The van der Waals surface area contributed by atoms with E-state index in [4.69, 9.17) is 5.73 Å². The molecule has 3 rings (SSSR count). The summed E-state index contributed by atoms with van der Waals surface area (Å²) in [5, 5.41) is 0. The van der Waals surface area contributed by atoms with Crippen LogP contribution in [-0.2, 0) is 13.0 Å². The molecule has 2 unspecified atom stereocenters. The molecule has 1 aliphatic heterocycles. The Bertz CT molecular complexity index is 371. The normalized spacial score (nSPS) is 27.8. The van der Waals surface area contributed by atoms with Crippen molar-refractivity contribution in [3.63, 3.8) is 0 Å². The first-order valence-electron chi connectivity index (χ1n) is 6.87. The fourth-order valence-corrected chi connectivity index (χ4v) is 3.43. The summed E-state index contributed by atoms with van der Waals surface area (Å²) in [5.74, 6) is 0.997. The number of likely N-dealkylation sites (tertiary alicyclic amines) is 1. The molecule has 1 saturated heterocycles. The molecule has 2 bridgehead atoms. The van der Waals surface area contributed by atoms with Crippen molar-refractivity contribution in [1.29, 1.82) is 0 Å². The first kappa shape index (κ1) is 11.2. The highest BCUT2D eigenvalue weighted by Gasteiger charge is 2.37. The highest BCUT2D eigenvalue weighted by Crippen LogP contribution is 2.38. The smallest absolute Gasteiger partial charge is 0.0236 e. The monoisotopic (exact) mass is 230 g/mol. The van der Waals surface area contributed by atoms with Crippen LogP contribution in [0, 0.1) is 5.92 Å². The zero-order chi connectivity index (χ0) is 11.7. The van der Waals surface area contributed by atoms with E-state index >= 15 is 0 Å². The summed E-state index contributed by atoms with van der Waals surface area (Å²) in [6, 6.07) is 9.89. The highest BCUT2D eigenvalue weighted by molar-refractivity contribution is 5.23. The van der Waals surface area contributed by atoms with Crippen LogP contribution in [0.4, 0.5) is 0 Å². The van der Waals surface area contributed by atoms with E-state index in [-0.39, 0.29) is 0 Å². The fraction of sp³-hybridized carbons (Fsp3) is 0.600. The lowest BCUT2D eigenvalue weighted by Crippen LogP contribution is -2.31. The summed E-state index contributed by atoms with van der Waals surface area (Å²) < 4.78 is 0. The van der Waals surface area contributed by atoms with E-state index < -0.39 is 0 Å². The number of benzene rings is 1. The number of hydrogen-bond donors (Lipinski definition) is 1. The van der Waals surface area contributed by atoms with E-state index in [2.05, 4.69) is 29.2 Å². The van der Waals surface area contributed by atoms with Crippen LogP contribution in [0.3, 0.4) is 0 Å². The molecule has 1 aliphatic carbocycles. The molecule has 2 heteroatoms. The summed E-state index contributed by atoms with van der Waals surface area (Å²) >= 11 is 0. The highest BCUT2D eigenvalue weighted by atomic mass is 15.2. The van der Waals surface area contributed by atoms with Gasteiger partial charge in [-0.15, -0.1) is 0 Å². The summed E-state index contributed by atoms with van der Waals surface area (Å²) in [6.07, 6.45) is 5.34. The third-order valence-corrected chi connectivity index (χ3v) is 4.36. The average molecular weight is 230 g/mol. The quantitative estimate of drug-likeness (QED) is 0.859. The van der Waals surface area contributed by atoms with Gasteiger partial charge in [0.1, 0.15) is 0 Å². The number of fused-ring (bicyclic) bond motifs is 2. The van der Waals surface area contributed by atoms with E-state index in [0.717, 1.165) is 31.5 Å². The van der Waals surface area contributed by atoms with E-state index in [1.807, 2.05) is 0 Å². The maximum absolute atomic E-state index is 5.56. The number of nitrogens with two attached hydrogens (primary N) is 1. The Morgan fingerprint density at radius 3 is 2.47 bits per heavy atom. The summed E-state index contributed by atoms with van der Waals surface area (Å²) in [5.41, 5.74) is 8.38. The fourth-order valence-electron chi connectivity index (χ4n) is 3.43. The van der Waals surface area contributed by atoms with E-state index in [1.165, 1.54) is 36.9 Å². The molecule has 2 atom stereocenters. The van der Waals surface area contributed by atoms with Gasteiger partial charge in [0.2, 0.25) is 0 Å². The summed E-state index contributed by atoms with van der Waals surface area (Å²) in [4.78, 5) is 2.67. The van der Waals surface area contributed by atoms with Gasteiger partial charge in [-0.05, 0) is 49.3 Å². The zero-order valence-corrected chi connectivity index (χ0v) is 10.4. The van der Waals surface area contributed by atoms with Crippen LogP contribution in [0.5, 0.6) is 0 Å². The van der Waals surface area contributed by atoms with Crippen molar-refractivity contribution in [3.8, 4) is 0 Å². The molecule has 0 spiro atoms. The molecule has 0 amide bonds. The predicted octanol–water partition coefficient (Wildman–Crippen LogP) is 2.17. The topological polar surface area (TPSA) is 29.3 Å². The molecular weight excluding hydrogens is 208 g/mol. The van der Waals surface area contributed by atoms with E-state index in [1.54, 1.807) is 0 Å². The number of rotatable bonds is 4. The van der Waals surface area contributed by atoms with Gasteiger partial charge in [0.05, 0.1) is 0 Å². The predicted molar refractivity (Wildman–Crippen MR) is 70.7 cm³/mol. The van der Waals surface area contributed by atoms with Gasteiger partial charge < -0.3 is 5.73 Å². The van der Waals surface area contributed by atoms with Crippen LogP contribution in [0.15, 0.2) is 24.3 Å². The molecule has 0 aromatic heterocycles. The number of hydrogen-bond acceptors (Lipinski definition) is 2. The molecule has 92 valence electrons. The molecule has 1 aromatic rings. The largest absolute Gasteiger partial charge is 0.330 e. The van der Waals surface area contributed by atoms with Gasteiger partial charge in [-0.25, -0.2) is 0 Å². The lowest BCUT2D eigenvalue weighted by atomic mass is 10.1. The second-order valence-corrected chi connectivity index (χ2v) is 5.62. The molecule has 0 radical (unpaired) electrons. The Morgan fingerprint density at radius 1 is 1.12 bits per heavy atom. The molecule has 2 aliphatic rings. The van der Waals surface area contributed by atoms with Crippen LogP contribution >= 0.6 is 0 Å². The van der Waals surface area contributed by atoms with Gasteiger partial charge in [-0.1, -0.05) is 24.3 Å². The van der Waals surface area contributed by atoms with Crippen LogP contribution in [-0.4, -0.2) is 24.0 Å². The van der Waals surface area contributed by atoms with Gasteiger partial charge in [0.25, 0.3) is 0 Å². The lowest BCUT2D eigenvalue weighted by molar-refractivity contribution is 0.205. The van der Waals surface area contributed by atoms with E-state index in [0.29, 0.717) is 0 Å². The maximum Gasteiger partial charge on any atom is 0.0236 e. The summed E-state index contributed by atoms with van der Waals surface area (Å²) in [6.45, 7) is 3.22. The van der Waals surface area contributed by atoms with Gasteiger partial charge in [0, 0.05) is 19.1 Å². The van der Waals surface area contributed by atoms with Crippen molar-refractivity contribution in [3.05, 3.63) is 35.4 Å². The Labute approximate surface area is 104 Å². The van der Waals surface area contributed by atoms with Crippen LogP contribution in [0.2, 0.25) is 0 Å². The summed E-state index contributed by atoms with van der Waals surface area (Å²) in [7, 11) is 0. The van der Waals surface area contributed by atoms with Crippen LogP contribution in [0.1, 0.15) is 30.4 Å². The van der Waals surface area contributed by atoms with Crippen LogP contribution < -0.4 is 5.73 Å². The second-order valence-electron chi connectivity index (χ2n) is 5.62. The molecule has 1 heterocycles. The second kappa shape index (κ2) is 4.79. The molecule has 1 aromatic carbocycles. The van der Waals surface area contributed by atoms with Crippen molar-refractivity contribution in [2.24, 2.45) is 11.7 Å². The molecule has 2 N–H and O–H groups in total. The van der Waals surface area contributed by atoms with Crippen molar-refractivity contribution in [2.45, 2.75) is 38.3 Å². The van der Waals surface area contributed by atoms with Crippen molar-refractivity contribution >= 4 is 0 Å². The molecule has 2 nitrogen and oxygen atoms in total. The van der Waals surface area contributed by atoms with Gasteiger partial charge in [0.15, 0.2) is 0 Å². The number of nitrogens with zero attached hydrogens (tertiary/aromatic N) is 1. The van der Waals surface area contributed by atoms with Gasteiger partial charge in [-0.3, -0.25) is 4.90 Å². The molecule has 1 saturated carbocycles. The molecule has 2 fully saturated rings. The minimum absolute atomic E-state index is 0.745. The maximum atomic E-state index is 5.56. The SMILES string of the molecule is NCCc1ccc(CN2CC3CCC2C3)cc1. The Hall–Kier alpha value is -0.860. The average Bonchev–Trinajstić information content (AvgIpc) is 2.94. The first-order valence-corrected chi connectivity index (χ1v) is 6.87. The van der Waals surface area contributed by atoms with E-state index in [9.17, 15) is 0 Å². The van der Waals surface area contributed by atoms with Crippen molar-refractivity contribution in [1.82, 2.24) is 4.90 Å². The number of piperidine rings is 1. The Morgan fingerprint density at radius 2 is 1.88 bits per heavy atom. The lowest BCUT2D eigenvalue weighted by Gasteiger charge is -2.26. The minimum atomic E-state index is 0.745. The third-order valence-electron chi connectivity index (χ3n) is 4.36. The van der Waals surface area contributed by atoms with Crippen molar-refractivity contribution < 1.29 is 0 Å².